The molecule has 0 aliphatic heterocycles. The Kier molecular flexibility index (Phi) is 3.10. The minimum Gasteiger partial charge on any atom is -0.390 e. The van der Waals surface area contributed by atoms with E-state index in [0.29, 0.717) is 23.5 Å². The van der Waals surface area contributed by atoms with Gasteiger partial charge in [0.15, 0.2) is 0 Å². The molecule has 4 fully saturated rings. The van der Waals surface area contributed by atoms with E-state index in [1.54, 1.807) is 0 Å². The molecule has 4 aliphatic carbocycles. The quantitative estimate of drug-likeness (QED) is 0.733. The van der Waals surface area contributed by atoms with Crippen molar-refractivity contribution in [1.82, 2.24) is 0 Å². The first kappa shape index (κ1) is 14.2. The van der Waals surface area contributed by atoms with Gasteiger partial charge in [-0.05, 0) is 87.4 Å². The summed E-state index contributed by atoms with van der Waals surface area (Å²) in [6, 6.07) is 0. The van der Waals surface area contributed by atoms with Crippen LogP contribution in [0.15, 0.2) is 0 Å². The number of rotatable bonds is 0. The van der Waals surface area contributed by atoms with Crippen LogP contribution < -0.4 is 0 Å². The molecule has 0 saturated heterocycles. The van der Waals surface area contributed by atoms with Crippen LogP contribution in [0.4, 0.5) is 0 Å². The Morgan fingerprint density at radius 2 is 1.76 bits per heavy atom. The molecule has 4 saturated carbocycles. The zero-order valence-electron chi connectivity index (χ0n) is 13.6. The average molecular weight is 290 g/mol. The minimum atomic E-state index is -0.470. The molecule has 21 heavy (non-hydrogen) atoms. The van der Waals surface area contributed by atoms with Crippen molar-refractivity contribution in [1.29, 1.82) is 0 Å². The number of carbonyl (C=O) groups excluding carboxylic acids is 1. The van der Waals surface area contributed by atoms with Crippen molar-refractivity contribution in [2.45, 2.75) is 77.2 Å². The van der Waals surface area contributed by atoms with Gasteiger partial charge in [-0.3, -0.25) is 4.79 Å². The molecule has 0 aromatic heterocycles. The van der Waals surface area contributed by atoms with Crippen LogP contribution >= 0.6 is 0 Å². The Bertz CT molecular complexity index is 454. The molecule has 0 amide bonds. The Labute approximate surface area is 128 Å². The molecule has 2 nitrogen and oxygen atoms in total. The maximum Gasteiger partial charge on any atom is 0.136 e. The van der Waals surface area contributed by atoms with E-state index >= 15 is 0 Å². The molecule has 7 atom stereocenters. The van der Waals surface area contributed by atoms with Gasteiger partial charge in [0.2, 0.25) is 0 Å². The lowest BCUT2D eigenvalue weighted by Crippen LogP contribution is -2.53. The van der Waals surface area contributed by atoms with Gasteiger partial charge in [-0.1, -0.05) is 6.92 Å². The monoisotopic (exact) mass is 290 g/mol. The van der Waals surface area contributed by atoms with Gasteiger partial charge in [0.25, 0.3) is 0 Å². The van der Waals surface area contributed by atoms with Crippen molar-refractivity contribution in [3.63, 3.8) is 0 Å². The largest absolute Gasteiger partial charge is 0.390 e. The van der Waals surface area contributed by atoms with E-state index in [4.69, 9.17) is 0 Å². The van der Waals surface area contributed by atoms with Crippen molar-refractivity contribution in [2.24, 2.45) is 35.0 Å². The van der Waals surface area contributed by atoms with Crippen molar-refractivity contribution in [3.8, 4) is 0 Å². The Morgan fingerprint density at radius 1 is 0.952 bits per heavy atom. The maximum atomic E-state index is 12.3. The number of ketones is 1. The highest BCUT2D eigenvalue weighted by molar-refractivity contribution is 5.82. The van der Waals surface area contributed by atoms with Gasteiger partial charge in [-0.15, -0.1) is 0 Å². The van der Waals surface area contributed by atoms with E-state index in [1.165, 1.54) is 32.1 Å². The second-order valence-electron chi connectivity index (χ2n) is 8.91. The van der Waals surface area contributed by atoms with Crippen LogP contribution in [-0.2, 0) is 4.79 Å². The topological polar surface area (TPSA) is 37.3 Å². The van der Waals surface area contributed by atoms with Crippen molar-refractivity contribution in [2.75, 3.05) is 0 Å². The highest BCUT2D eigenvalue weighted by Gasteiger charge is 2.61. The molecule has 0 radical (unpaired) electrons. The lowest BCUT2D eigenvalue weighted by Gasteiger charge is -2.56. The molecule has 0 aromatic rings. The molecule has 0 aromatic carbocycles. The summed E-state index contributed by atoms with van der Waals surface area (Å²) in [5.74, 6) is 3.90. The van der Waals surface area contributed by atoms with E-state index in [9.17, 15) is 9.90 Å². The summed E-state index contributed by atoms with van der Waals surface area (Å²) >= 11 is 0. The summed E-state index contributed by atoms with van der Waals surface area (Å²) in [5.41, 5.74) is -0.346. The van der Waals surface area contributed by atoms with Crippen LogP contribution in [-0.4, -0.2) is 16.5 Å². The molecule has 5 unspecified atom stereocenters. The first-order valence-corrected chi connectivity index (χ1v) is 9.19. The van der Waals surface area contributed by atoms with Crippen molar-refractivity contribution < 1.29 is 9.90 Å². The van der Waals surface area contributed by atoms with E-state index in [0.717, 1.165) is 37.5 Å². The zero-order chi connectivity index (χ0) is 14.8. The van der Waals surface area contributed by atoms with Crippen molar-refractivity contribution in [3.05, 3.63) is 0 Å². The highest BCUT2D eigenvalue weighted by Crippen LogP contribution is 2.64. The van der Waals surface area contributed by atoms with Crippen LogP contribution in [0.2, 0.25) is 0 Å². The van der Waals surface area contributed by atoms with E-state index in [1.807, 2.05) is 0 Å². The lowest BCUT2D eigenvalue weighted by molar-refractivity contribution is -0.141. The molecule has 0 bridgehead atoms. The van der Waals surface area contributed by atoms with Gasteiger partial charge in [0.05, 0.1) is 5.60 Å². The van der Waals surface area contributed by atoms with Crippen LogP contribution in [0, 0.1) is 35.0 Å². The Morgan fingerprint density at radius 3 is 2.57 bits per heavy atom. The Hall–Kier alpha value is -0.370. The smallest absolute Gasteiger partial charge is 0.136 e. The maximum absolute atomic E-state index is 12.3. The summed E-state index contributed by atoms with van der Waals surface area (Å²) in [6.45, 7) is 4.42. The predicted molar refractivity (Wildman–Crippen MR) is 82.7 cm³/mol. The number of carbonyl (C=O) groups is 1. The third-order valence-electron chi connectivity index (χ3n) is 8.31. The van der Waals surface area contributed by atoms with Crippen LogP contribution in [0.3, 0.4) is 0 Å². The minimum absolute atomic E-state index is 0.125. The summed E-state index contributed by atoms with van der Waals surface area (Å²) in [5, 5.41) is 10.9. The predicted octanol–water partition coefficient (Wildman–Crippen LogP) is 3.96. The van der Waals surface area contributed by atoms with Gasteiger partial charge in [-0.2, -0.15) is 0 Å². The number of Topliss-reactive ketones (excluding diaryl/α,β-unsaturated/α-hetero) is 1. The van der Waals surface area contributed by atoms with Crippen LogP contribution in [0.1, 0.15) is 71.6 Å². The normalized spacial score (nSPS) is 56.5. The number of aliphatic hydroxyl groups is 1. The molecule has 1 N–H and O–H groups in total. The SMILES string of the molecule is CC12CCC3C(CC[C@@H]4C(=O)CCCC34)C1CC[C@]2(C)O. The average Bonchev–Trinajstić information content (AvgIpc) is 2.70. The summed E-state index contributed by atoms with van der Waals surface area (Å²) in [7, 11) is 0. The highest BCUT2D eigenvalue weighted by atomic mass is 16.3. The molecule has 4 rings (SSSR count). The van der Waals surface area contributed by atoms with Crippen LogP contribution in [0.25, 0.3) is 0 Å². The molecule has 4 aliphatic rings. The van der Waals surface area contributed by atoms with Gasteiger partial charge in [-0.25, -0.2) is 0 Å². The number of hydrogen-bond acceptors (Lipinski definition) is 2. The second-order valence-corrected chi connectivity index (χ2v) is 8.91. The first-order chi connectivity index (χ1) is 9.94. The molecule has 118 valence electrons. The molecule has 2 heteroatoms. The summed E-state index contributed by atoms with van der Waals surface area (Å²) in [6.07, 6.45) is 10.2. The van der Waals surface area contributed by atoms with Crippen molar-refractivity contribution >= 4 is 5.78 Å². The summed E-state index contributed by atoms with van der Waals surface area (Å²) < 4.78 is 0. The zero-order valence-corrected chi connectivity index (χ0v) is 13.6. The van der Waals surface area contributed by atoms with E-state index in [-0.39, 0.29) is 5.41 Å². The fourth-order valence-electron chi connectivity index (χ4n) is 6.90. The number of fused-ring (bicyclic) bond motifs is 5. The van der Waals surface area contributed by atoms with E-state index < -0.39 is 5.60 Å². The van der Waals surface area contributed by atoms with Gasteiger partial charge < -0.3 is 5.11 Å². The fourth-order valence-corrected chi connectivity index (χ4v) is 6.90. The third-order valence-corrected chi connectivity index (χ3v) is 8.31. The van der Waals surface area contributed by atoms with Gasteiger partial charge in [0.1, 0.15) is 5.78 Å². The molecular formula is C19H30O2. The fraction of sp³-hybridized carbons (Fsp3) is 0.947. The Balaban J connectivity index is 1.62. The summed E-state index contributed by atoms with van der Waals surface area (Å²) in [4.78, 5) is 12.3. The van der Waals surface area contributed by atoms with Gasteiger partial charge in [0, 0.05) is 12.3 Å². The van der Waals surface area contributed by atoms with Gasteiger partial charge >= 0.3 is 0 Å². The second kappa shape index (κ2) is 4.57. The van der Waals surface area contributed by atoms with E-state index in [2.05, 4.69) is 13.8 Å². The standard InChI is InChI=1S/C19H30O2/c1-18-10-8-13-12-4-3-5-17(20)15(12)7-6-14(13)16(18)9-11-19(18,2)21/h12-16,21H,3-11H2,1-2H3/t12?,13?,14?,15-,16?,18?,19-/m0/s1. The molecular weight excluding hydrogens is 260 g/mol. The molecule has 0 spiro atoms. The first-order valence-electron chi connectivity index (χ1n) is 9.19. The lowest BCUT2D eigenvalue weighted by atomic mass is 9.49. The number of hydrogen-bond donors (Lipinski definition) is 1. The molecule has 0 heterocycles. The van der Waals surface area contributed by atoms with Crippen LogP contribution in [0.5, 0.6) is 0 Å². The third kappa shape index (κ3) is 1.84.